The zero-order valence-electron chi connectivity index (χ0n) is 19.1. The number of ether oxygens (including phenoxy) is 2. The van der Waals surface area contributed by atoms with Crippen molar-refractivity contribution >= 4 is 23.3 Å². The minimum Gasteiger partial charge on any atom is -0.464 e. The van der Waals surface area contributed by atoms with Crippen LogP contribution in [-0.4, -0.2) is 64.5 Å². The minimum atomic E-state index is -0.488. The number of carbonyl (C=O) groups is 2. The fourth-order valence-electron chi connectivity index (χ4n) is 4.35. The topological polar surface area (TPSA) is 76.4 Å². The molecular weight excluding hydrogens is 396 g/mol. The maximum atomic E-state index is 12.8. The van der Waals surface area contributed by atoms with E-state index in [9.17, 15) is 9.59 Å². The molecular formula is C23H32N4O4. The quantitative estimate of drug-likeness (QED) is 0.690. The average Bonchev–Trinajstić information content (AvgIpc) is 3.45. The van der Waals surface area contributed by atoms with Gasteiger partial charge in [0.05, 0.1) is 24.0 Å². The Hall–Kier alpha value is -2.77. The Morgan fingerprint density at radius 3 is 2.32 bits per heavy atom. The molecule has 2 aromatic rings. The van der Waals surface area contributed by atoms with E-state index in [0.717, 1.165) is 55.7 Å². The highest BCUT2D eigenvalue weighted by molar-refractivity contribution is 5.90. The molecule has 1 aliphatic heterocycles. The van der Waals surface area contributed by atoms with Gasteiger partial charge in [0.1, 0.15) is 5.60 Å². The lowest BCUT2D eigenvalue weighted by atomic mass is 10.0. The number of hydrogen-bond donors (Lipinski definition) is 0. The van der Waals surface area contributed by atoms with Gasteiger partial charge in [0.15, 0.2) is 5.69 Å². The number of rotatable bonds is 4. The number of aromatic nitrogens is 2. The highest BCUT2D eigenvalue weighted by Gasteiger charge is 2.40. The fourth-order valence-corrected chi connectivity index (χ4v) is 4.35. The van der Waals surface area contributed by atoms with Gasteiger partial charge >= 0.3 is 12.1 Å². The molecule has 2 fully saturated rings. The van der Waals surface area contributed by atoms with Crippen LogP contribution in [0, 0.1) is 6.92 Å². The SMILES string of the molecule is COC(=O)c1ccc(N2CCC(N(C(=O)OC(C)(C)C)C3CC3)CC2)c2cc(C)nn12. The van der Waals surface area contributed by atoms with Crippen molar-refractivity contribution in [3.8, 4) is 0 Å². The van der Waals surface area contributed by atoms with Crippen molar-refractivity contribution in [2.24, 2.45) is 0 Å². The Labute approximate surface area is 183 Å². The summed E-state index contributed by atoms with van der Waals surface area (Å²) in [5, 5.41) is 4.49. The van der Waals surface area contributed by atoms with Crippen LogP contribution in [-0.2, 0) is 9.47 Å². The third-order valence-electron chi connectivity index (χ3n) is 5.86. The summed E-state index contributed by atoms with van der Waals surface area (Å²) >= 11 is 0. The standard InChI is InChI=1S/C23H32N4O4/c1-15-14-20-18(8-9-19(21(28)30-5)27(20)24-15)25-12-10-17(11-13-25)26(16-6-7-16)22(29)31-23(2,3)4/h8-9,14,16-17H,6-7,10-13H2,1-5H3. The van der Waals surface area contributed by atoms with E-state index in [1.165, 1.54) is 7.11 Å². The van der Waals surface area contributed by atoms with Crippen molar-refractivity contribution in [1.82, 2.24) is 14.5 Å². The summed E-state index contributed by atoms with van der Waals surface area (Å²) in [4.78, 5) is 29.3. The van der Waals surface area contributed by atoms with Gasteiger partial charge in [-0.3, -0.25) is 0 Å². The van der Waals surface area contributed by atoms with Gasteiger partial charge in [-0.1, -0.05) is 0 Å². The predicted octanol–water partition coefficient (Wildman–Crippen LogP) is 3.80. The molecule has 1 saturated heterocycles. The van der Waals surface area contributed by atoms with Gasteiger partial charge in [0.2, 0.25) is 0 Å². The smallest absolute Gasteiger partial charge is 0.410 e. The van der Waals surface area contributed by atoms with E-state index in [2.05, 4.69) is 10.00 Å². The van der Waals surface area contributed by atoms with E-state index in [1.807, 2.05) is 44.7 Å². The Kier molecular flexibility index (Phi) is 5.58. The molecule has 2 aliphatic rings. The molecule has 0 N–H and O–H groups in total. The second-order valence-electron chi connectivity index (χ2n) is 9.52. The van der Waals surface area contributed by atoms with Crippen LogP contribution in [0.15, 0.2) is 18.2 Å². The molecule has 8 nitrogen and oxygen atoms in total. The van der Waals surface area contributed by atoms with Crippen molar-refractivity contribution in [2.75, 3.05) is 25.1 Å². The van der Waals surface area contributed by atoms with Gasteiger partial charge in [-0.15, -0.1) is 0 Å². The first kappa shape index (κ1) is 21.5. The minimum absolute atomic E-state index is 0.190. The van der Waals surface area contributed by atoms with E-state index in [-0.39, 0.29) is 12.1 Å². The zero-order valence-corrected chi connectivity index (χ0v) is 19.1. The van der Waals surface area contributed by atoms with Crippen molar-refractivity contribution in [1.29, 1.82) is 0 Å². The zero-order chi connectivity index (χ0) is 22.3. The Morgan fingerprint density at radius 1 is 1.10 bits per heavy atom. The largest absolute Gasteiger partial charge is 0.464 e. The second kappa shape index (κ2) is 8.05. The van der Waals surface area contributed by atoms with Crippen LogP contribution in [0.1, 0.15) is 62.6 Å². The highest BCUT2D eigenvalue weighted by atomic mass is 16.6. The monoisotopic (exact) mass is 428 g/mol. The predicted molar refractivity (Wildman–Crippen MR) is 118 cm³/mol. The summed E-state index contributed by atoms with van der Waals surface area (Å²) in [6, 6.07) is 6.23. The molecule has 2 aromatic heterocycles. The number of hydrogen-bond acceptors (Lipinski definition) is 6. The van der Waals surface area contributed by atoms with Crippen LogP contribution in [0.2, 0.25) is 0 Å². The second-order valence-corrected chi connectivity index (χ2v) is 9.52. The molecule has 8 heteroatoms. The molecule has 3 heterocycles. The third kappa shape index (κ3) is 4.48. The average molecular weight is 429 g/mol. The molecule has 0 bridgehead atoms. The van der Waals surface area contributed by atoms with Crippen LogP contribution in [0.25, 0.3) is 5.52 Å². The number of amides is 1. The van der Waals surface area contributed by atoms with Crippen LogP contribution in [0.5, 0.6) is 0 Å². The van der Waals surface area contributed by atoms with Crippen LogP contribution in [0.3, 0.4) is 0 Å². The number of pyridine rings is 1. The normalized spacial score (nSPS) is 17.6. The maximum Gasteiger partial charge on any atom is 0.410 e. The van der Waals surface area contributed by atoms with E-state index in [4.69, 9.17) is 9.47 Å². The van der Waals surface area contributed by atoms with Crippen molar-refractivity contribution in [2.45, 2.75) is 71.1 Å². The molecule has 1 saturated carbocycles. The first-order chi connectivity index (χ1) is 14.7. The number of piperidine rings is 1. The number of esters is 1. The Balaban J connectivity index is 1.52. The molecule has 0 radical (unpaired) electrons. The summed E-state index contributed by atoms with van der Waals surface area (Å²) in [7, 11) is 1.37. The van der Waals surface area contributed by atoms with Crippen molar-refractivity contribution in [3.05, 3.63) is 29.6 Å². The lowest BCUT2D eigenvalue weighted by Gasteiger charge is -2.40. The molecule has 0 atom stereocenters. The van der Waals surface area contributed by atoms with Crippen molar-refractivity contribution < 1.29 is 19.1 Å². The van der Waals surface area contributed by atoms with Gasteiger partial charge in [-0.25, -0.2) is 14.1 Å². The Morgan fingerprint density at radius 2 is 1.74 bits per heavy atom. The summed E-state index contributed by atoms with van der Waals surface area (Å²) in [5.41, 5.74) is 2.70. The van der Waals surface area contributed by atoms with Crippen LogP contribution < -0.4 is 4.90 Å². The van der Waals surface area contributed by atoms with Crippen molar-refractivity contribution in [3.63, 3.8) is 0 Å². The first-order valence-electron chi connectivity index (χ1n) is 11.0. The summed E-state index contributed by atoms with van der Waals surface area (Å²) in [6.45, 7) is 9.31. The Bertz CT molecular complexity index is 981. The molecule has 1 amide bonds. The van der Waals surface area contributed by atoms with Gasteiger partial charge in [0.25, 0.3) is 0 Å². The summed E-state index contributed by atoms with van der Waals surface area (Å²) in [6.07, 6.45) is 3.69. The number of nitrogens with zero attached hydrogens (tertiary/aromatic N) is 4. The lowest BCUT2D eigenvalue weighted by Crippen LogP contribution is -2.50. The number of anilines is 1. The van der Waals surface area contributed by atoms with Gasteiger partial charge in [-0.2, -0.15) is 5.10 Å². The number of aryl methyl sites for hydroxylation is 1. The fraction of sp³-hybridized carbons (Fsp3) is 0.609. The number of fused-ring (bicyclic) bond motifs is 1. The van der Waals surface area contributed by atoms with E-state index < -0.39 is 11.6 Å². The summed E-state index contributed by atoms with van der Waals surface area (Å²) in [5.74, 6) is -0.407. The van der Waals surface area contributed by atoms with Crippen LogP contribution >= 0.6 is 0 Å². The van der Waals surface area contributed by atoms with E-state index in [1.54, 1.807) is 10.6 Å². The maximum absolute atomic E-state index is 12.8. The van der Waals surface area contributed by atoms with E-state index >= 15 is 0 Å². The molecule has 4 rings (SSSR count). The molecule has 168 valence electrons. The number of carbonyl (C=O) groups excluding carboxylic acids is 2. The molecule has 0 aromatic carbocycles. The third-order valence-corrected chi connectivity index (χ3v) is 5.86. The van der Waals surface area contributed by atoms with Gasteiger partial charge in [-0.05, 0) is 71.6 Å². The number of methoxy groups -OCH3 is 1. The molecule has 0 spiro atoms. The molecule has 31 heavy (non-hydrogen) atoms. The molecule has 1 aliphatic carbocycles. The summed E-state index contributed by atoms with van der Waals surface area (Å²) < 4.78 is 12.3. The van der Waals surface area contributed by atoms with Crippen LogP contribution in [0.4, 0.5) is 10.5 Å². The molecule has 0 unspecified atom stereocenters. The first-order valence-corrected chi connectivity index (χ1v) is 11.0. The highest BCUT2D eigenvalue weighted by Crippen LogP contribution is 2.35. The van der Waals surface area contributed by atoms with Gasteiger partial charge < -0.3 is 19.3 Å². The lowest BCUT2D eigenvalue weighted by molar-refractivity contribution is 0.0113. The van der Waals surface area contributed by atoms with Gasteiger partial charge in [0, 0.05) is 25.2 Å². The van der Waals surface area contributed by atoms with E-state index in [0.29, 0.717) is 11.7 Å².